The summed E-state index contributed by atoms with van der Waals surface area (Å²) < 4.78 is 11.6. The second-order valence-corrected chi connectivity index (χ2v) is 4.48. The van der Waals surface area contributed by atoms with Crippen molar-refractivity contribution in [1.29, 1.82) is 0 Å². The molecule has 0 fully saturated rings. The van der Waals surface area contributed by atoms with Crippen LogP contribution in [0.3, 0.4) is 0 Å². The van der Waals surface area contributed by atoms with E-state index in [-0.39, 0.29) is 0 Å². The summed E-state index contributed by atoms with van der Waals surface area (Å²) in [5, 5.41) is 0. The van der Waals surface area contributed by atoms with Crippen LogP contribution >= 0.6 is 15.9 Å². The first-order chi connectivity index (χ1) is 7.22. The zero-order valence-corrected chi connectivity index (χ0v) is 10.4. The van der Waals surface area contributed by atoms with Gasteiger partial charge in [-0.3, -0.25) is 0 Å². The van der Waals surface area contributed by atoms with E-state index in [1.165, 1.54) is 11.1 Å². The molecule has 1 aromatic carbocycles. The molecule has 0 radical (unpaired) electrons. The molecule has 3 nitrogen and oxygen atoms in total. The third-order valence-electron chi connectivity index (χ3n) is 2.91. The first kappa shape index (κ1) is 10.8. The molecule has 2 rings (SSSR count). The van der Waals surface area contributed by atoms with Gasteiger partial charge in [0.05, 0.1) is 18.7 Å². The molecule has 0 amide bonds. The van der Waals surface area contributed by atoms with Gasteiger partial charge in [0.15, 0.2) is 0 Å². The molecule has 0 unspecified atom stereocenters. The van der Waals surface area contributed by atoms with Gasteiger partial charge >= 0.3 is 0 Å². The Kier molecular flexibility index (Phi) is 2.89. The first-order valence-corrected chi connectivity index (χ1v) is 5.65. The van der Waals surface area contributed by atoms with Crippen LogP contribution in [0.5, 0.6) is 11.5 Å². The maximum Gasteiger partial charge on any atom is 0.137 e. The van der Waals surface area contributed by atoms with Gasteiger partial charge in [-0.25, -0.2) is 0 Å². The summed E-state index contributed by atoms with van der Waals surface area (Å²) in [5.41, 5.74) is 8.13. The van der Waals surface area contributed by atoms with Crippen molar-refractivity contribution in [1.82, 2.24) is 0 Å². The number of hydrogen-bond acceptors (Lipinski definition) is 3. The quantitative estimate of drug-likeness (QED) is 0.916. The number of fused-ring (bicyclic) bond motifs is 1. The van der Waals surface area contributed by atoms with E-state index in [1.807, 2.05) is 6.07 Å². The fourth-order valence-electron chi connectivity index (χ4n) is 2.12. The Morgan fingerprint density at radius 2 is 2.20 bits per heavy atom. The Bertz CT molecular complexity index is 393. The fourth-order valence-corrected chi connectivity index (χ4v) is 2.70. The van der Waals surface area contributed by atoms with E-state index >= 15 is 0 Å². The molecule has 1 aromatic rings. The number of hydrogen-bond donors (Lipinski definition) is 1. The molecule has 82 valence electrons. The van der Waals surface area contributed by atoms with Gasteiger partial charge in [0.1, 0.15) is 11.5 Å². The van der Waals surface area contributed by atoms with Crippen LogP contribution in [0.4, 0.5) is 0 Å². The lowest BCUT2D eigenvalue weighted by Crippen LogP contribution is -2.26. The minimum absolute atomic E-state index is 0.404. The normalized spacial score (nSPS) is 18.0. The van der Waals surface area contributed by atoms with Crippen molar-refractivity contribution < 1.29 is 9.47 Å². The van der Waals surface area contributed by atoms with Crippen LogP contribution in [0.1, 0.15) is 17.0 Å². The maximum atomic E-state index is 5.70. The number of ether oxygens (including phenoxy) is 2. The van der Waals surface area contributed by atoms with Crippen LogP contribution in [-0.4, -0.2) is 20.8 Å². The summed E-state index contributed by atoms with van der Waals surface area (Å²) in [4.78, 5) is 0. The highest BCUT2D eigenvalue weighted by Crippen LogP contribution is 2.49. The molecule has 1 atom stereocenters. The van der Waals surface area contributed by atoms with Crippen LogP contribution in [0, 0.1) is 0 Å². The third-order valence-corrected chi connectivity index (χ3v) is 3.50. The van der Waals surface area contributed by atoms with Crippen molar-refractivity contribution in [3.8, 4) is 11.5 Å². The van der Waals surface area contributed by atoms with Gasteiger partial charge in [-0.15, -0.1) is 0 Å². The van der Waals surface area contributed by atoms with Crippen LogP contribution in [-0.2, 0) is 6.42 Å². The molecular formula is C11H14BrNO2. The molecule has 0 heterocycles. The predicted molar refractivity (Wildman–Crippen MR) is 62.7 cm³/mol. The van der Waals surface area contributed by atoms with Crippen LogP contribution in [0.25, 0.3) is 0 Å². The van der Waals surface area contributed by atoms with Crippen molar-refractivity contribution in [2.45, 2.75) is 12.3 Å². The zero-order chi connectivity index (χ0) is 11.0. The van der Waals surface area contributed by atoms with E-state index in [0.29, 0.717) is 12.5 Å². The second-order valence-electron chi connectivity index (χ2n) is 3.62. The van der Waals surface area contributed by atoms with E-state index in [4.69, 9.17) is 15.2 Å². The van der Waals surface area contributed by atoms with E-state index in [9.17, 15) is 0 Å². The molecule has 1 aliphatic carbocycles. The molecule has 2 N–H and O–H groups in total. The molecule has 0 aromatic heterocycles. The molecule has 1 aliphatic rings. The fraction of sp³-hybridized carbons (Fsp3) is 0.455. The third kappa shape index (κ3) is 1.52. The Hall–Kier alpha value is -0.740. The van der Waals surface area contributed by atoms with Gasteiger partial charge in [-0.2, -0.15) is 0 Å². The summed E-state index contributed by atoms with van der Waals surface area (Å²) in [6, 6.07) is 1.95. The van der Waals surface area contributed by atoms with Crippen LogP contribution in [0.2, 0.25) is 0 Å². The molecule has 0 saturated carbocycles. The Labute approximate surface area is 97.7 Å². The lowest BCUT2D eigenvalue weighted by Gasteiger charge is -2.33. The summed E-state index contributed by atoms with van der Waals surface area (Å²) in [5.74, 6) is 2.22. The van der Waals surface area contributed by atoms with Crippen molar-refractivity contribution in [2.24, 2.45) is 5.73 Å². The number of rotatable bonds is 3. The zero-order valence-electron chi connectivity index (χ0n) is 8.84. The summed E-state index contributed by atoms with van der Waals surface area (Å²) in [6.07, 6.45) is 0.985. The molecular weight excluding hydrogens is 258 g/mol. The van der Waals surface area contributed by atoms with Gasteiger partial charge in [0, 0.05) is 17.0 Å². The largest absolute Gasteiger partial charge is 0.496 e. The van der Waals surface area contributed by atoms with E-state index in [1.54, 1.807) is 14.2 Å². The maximum absolute atomic E-state index is 5.70. The average molecular weight is 272 g/mol. The Morgan fingerprint density at radius 1 is 1.47 bits per heavy atom. The minimum Gasteiger partial charge on any atom is -0.496 e. The SMILES string of the molecule is COc1cc(Br)c(OC)c2c1C[C@@H]2CN. The molecule has 4 heteroatoms. The number of methoxy groups -OCH3 is 2. The van der Waals surface area contributed by atoms with Crippen molar-refractivity contribution in [3.05, 3.63) is 21.7 Å². The van der Waals surface area contributed by atoms with Gasteiger partial charge in [-0.1, -0.05) is 0 Å². The lowest BCUT2D eigenvalue weighted by molar-refractivity contribution is 0.374. The average Bonchev–Trinajstić information content (AvgIpc) is 2.21. The molecule has 15 heavy (non-hydrogen) atoms. The smallest absolute Gasteiger partial charge is 0.137 e. The van der Waals surface area contributed by atoms with Gasteiger partial charge < -0.3 is 15.2 Å². The monoisotopic (exact) mass is 271 g/mol. The highest BCUT2D eigenvalue weighted by molar-refractivity contribution is 9.10. The molecule has 0 aliphatic heterocycles. The predicted octanol–water partition coefficient (Wildman–Crippen LogP) is 2.06. The van der Waals surface area contributed by atoms with Crippen molar-refractivity contribution in [3.63, 3.8) is 0 Å². The first-order valence-electron chi connectivity index (χ1n) is 4.86. The summed E-state index contributed by atoms with van der Waals surface area (Å²) >= 11 is 3.48. The number of benzene rings is 1. The highest BCUT2D eigenvalue weighted by atomic mass is 79.9. The minimum atomic E-state index is 0.404. The molecule has 0 saturated heterocycles. The highest BCUT2D eigenvalue weighted by Gasteiger charge is 2.33. The molecule has 0 spiro atoms. The Morgan fingerprint density at radius 3 is 2.73 bits per heavy atom. The van der Waals surface area contributed by atoms with Gasteiger partial charge in [0.2, 0.25) is 0 Å². The van der Waals surface area contributed by atoms with Crippen molar-refractivity contribution >= 4 is 15.9 Å². The standard InChI is InChI=1S/C11H14BrNO2/c1-14-9-4-8(12)11(15-2)10-6(5-13)3-7(9)10/h4,6H,3,5,13H2,1-2H3/t6-/m1/s1. The van der Waals surface area contributed by atoms with E-state index < -0.39 is 0 Å². The van der Waals surface area contributed by atoms with Gasteiger partial charge in [0.25, 0.3) is 0 Å². The van der Waals surface area contributed by atoms with E-state index in [2.05, 4.69) is 15.9 Å². The molecule has 0 bridgehead atoms. The number of halogens is 1. The van der Waals surface area contributed by atoms with Crippen LogP contribution < -0.4 is 15.2 Å². The topological polar surface area (TPSA) is 44.5 Å². The van der Waals surface area contributed by atoms with E-state index in [0.717, 1.165) is 22.4 Å². The summed E-state index contributed by atoms with van der Waals surface area (Å²) in [6.45, 7) is 0.656. The lowest BCUT2D eigenvalue weighted by atomic mass is 9.76. The second kappa shape index (κ2) is 4.02. The Balaban J connectivity index is 2.55. The summed E-state index contributed by atoms with van der Waals surface area (Å²) in [7, 11) is 3.36. The number of nitrogens with two attached hydrogens (primary N) is 1. The van der Waals surface area contributed by atoms with Crippen molar-refractivity contribution in [2.75, 3.05) is 20.8 Å². The van der Waals surface area contributed by atoms with Crippen LogP contribution in [0.15, 0.2) is 10.5 Å². The van der Waals surface area contributed by atoms with Gasteiger partial charge in [-0.05, 0) is 35.0 Å².